The largest absolute Gasteiger partial charge is 0.357 e. The van der Waals surface area contributed by atoms with E-state index in [1.165, 1.54) is 0 Å². The molecule has 5 heteroatoms. The summed E-state index contributed by atoms with van der Waals surface area (Å²) in [6, 6.07) is 9.89. The van der Waals surface area contributed by atoms with Crippen molar-refractivity contribution in [2.45, 2.75) is 12.5 Å². The summed E-state index contributed by atoms with van der Waals surface area (Å²) in [4.78, 5) is 0. The van der Waals surface area contributed by atoms with Gasteiger partial charge in [-0.25, -0.2) is 0 Å². The van der Waals surface area contributed by atoms with Gasteiger partial charge in [0.05, 0.1) is 5.54 Å². The molecular formula is C12H17N5. The van der Waals surface area contributed by atoms with Crippen LogP contribution in [-0.2, 0) is 12.6 Å². The topological polar surface area (TPSA) is 68.8 Å². The first-order chi connectivity index (χ1) is 8.07. The zero-order chi connectivity index (χ0) is 12.5. The zero-order valence-electron chi connectivity index (χ0n) is 10.3. The standard InChI is InChI=1S/C12H17N5/c1-12(13,9-7-5-4-6-8-9)10-15-16-11(14-2)17(10)3/h4-8H,13H2,1-3H3,(H,14,16). The van der Waals surface area contributed by atoms with Gasteiger partial charge in [-0.1, -0.05) is 30.3 Å². The van der Waals surface area contributed by atoms with E-state index in [2.05, 4.69) is 15.5 Å². The maximum absolute atomic E-state index is 6.38. The molecule has 0 saturated carbocycles. The number of benzene rings is 1. The lowest BCUT2D eigenvalue weighted by Crippen LogP contribution is -2.37. The van der Waals surface area contributed by atoms with E-state index in [0.29, 0.717) is 5.95 Å². The van der Waals surface area contributed by atoms with Gasteiger partial charge in [0.15, 0.2) is 5.82 Å². The van der Waals surface area contributed by atoms with Crippen LogP contribution in [0.5, 0.6) is 0 Å². The van der Waals surface area contributed by atoms with Crippen LogP contribution in [0.25, 0.3) is 0 Å². The van der Waals surface area contributed by atoms with Crippen LogP contribution in [0.3, 0.4) is 0 Å². The molecule has 1 unspecified atom stereocenters. The minimum Gasteiger partial charge on any atom is -0.357 e. The van der Waals surface area contributed by atoms with Crippen molar-refractivity contribution < 1.29 is 0 Å². The molecule has 0 spiro atoms. The Kier molecular flexibility index (Phi) is 2.85. The molecule has 0 saturated heterocycles. The fraction of sp³-hybridized carbons (Fsp3) is 0.333. The first kappa shape index (κ1) is 11.6. The Morgan fingerprint density at radius 2 is 1.88 bits per heavy atom. The second-order valence-electron chi connectivity index (χ2n) is 4.22. The fourth-order valence-corrected chi connectivity index (χ4v) is 1.91. The summed E-state index contributed by atoms with van der Waals surface area (Å²) in [6.45, 7) is 1.94. The third-order valence-electron chi connectivity index (χ3n) is 2.94. The number of hydrogen-bond donors (Lipinski definition) is 2. The Labute approximate surface area is 101 Å². The van der Waals surface area contributed by atoms with Crippen molar-refractivity contribution in [3.8, 4) is 0 Å². The quantitative estimate of drug-likeness (QED) is 0.829. The average Bonchev–Trinajstić information content (AvgIpc) is 2.72. The Morgan fingerprint density at radius 3 is 2.41 bits per heavy atom. The van der Waals surface area contributed by atoms with Gasteiger partial charge >= 0.3 is 0 Å². The number of nitrogens with zero attached hydrogens (tertiary/aromatic N) is 3. The Bertz CT molecular complexity index is 501. The lowest BCUT2D eigenvalue weighted by molar-refractivity contribution is 0.533. The highest BCUT2D eigenvalue weighted by Gasteiger charge is 2.29. The maximum Gasteiger partial charge on any atom is 0.224 e. The predicted molar refractivity (Wildman–Crippen MR) is 67.6 cm³/mol. The summed E-state index contributed by atoms with van der Waals surface area (Å²) < 4.78 is 1.87. The molecule has 0 radical (unpaired) electrons. The molecule has 1 aromatic carbocycles. The number of anilines is 1. The van der Waals surface area contributed by atoms with Crippen LogP contribution >= 0.6 is 0 Å². The van der Waals surface area contributed by atoms with Gasteiger partial charge in [-0.05, 0) is 12.5 Å². The molecular weight excluding hydrogens is 214 g/mol. The molecule has 1 aromatic heterocycles. The summed E-state index contributed by atoms with van der Waals surface area (Å²) in [7, 11) is 3.71. The summed E-state index contributed by atoms with van der Waals surface area (Å²) in [5.74, 6) is 1.43. The van der Waals surface area contributed by atoms with Crippen LogP contribution in [0.1, 0.15) is 18.3 Å². The van der Waals surface area contributed by atoms with E-state index in [-0.39, 0.29) is 0 Å². The molecule has 3 N–H and O–H groups in total. The molecule has 0 aliphatic rings. The molecule has 0 amide bonds. The van der Waals surface area contributed by atoms with E-state index in [0.717, 1.165) is 11.4 Å². The third-order valence-corrected chi connectivity index (χ3v) is 2.94. The molecule has 1 atom stereocenters. The van der Waals surface area contributed by atoms with Crippen molar-refractivity contribution in [3.05, 3.63) is 41.7 Å². The molecule has 0 fully saturated rings. The van der Waals surface area contributed by atoms with Crippen LogP contribution in [0.15, 0.2) is 30.3 Å². The first-order valence-corrected chi connectivity index (χ1v) is 5.49. The van der Waals surface area contributed by atoms with Gasteiger partial charge in [-0.15, -0.1) is 10.2 Å². The average molecular weight is 231 g/mol. The van der Waals surface area contributed by atoms with Gasteiger partial charge in [0.25, 0.3) is 0 Å². The first-order valence-electron chi connectivity index (χ1n) is 5.49. The second kappa shape index (κ2) is 4.18. The van der Waals surface area contributed by atoms with Crippen molar-refractivity contribution in [3.63, 3.8) is 0 Å². The lowest BCUT2D eigenvalue weighted by atomic mass is 9.92. The number of aromatic nitrogens is 3. The summed E-state index contributed by atoms with van der Waals surface area (Å²) in [5, 5.41) is 11.2. The molecule has 2 aromatic rings. The van der Waals surface area contributed by atoms with E-state index in [1.807, 2.05) is 55.9 Å². The van der Waals surface area contributed by atoms with E-state index in [1.54, 1.807) is 0 Å². The second-order valence-corrected chi connectivity index (χ2v) is 4.22. The van der Waals surface area contributed by atoms with Crippen molar-refractivity contribution in [1.82, 2.24) is 14.8 Å². The van der Waals surface area contributed by atoms with E-state index in [4.69, 9.17) is 5.73 Å². The third kappa shape index (κ3) is 1.89. The van der Waals surface area contributed by atoms with Gasteiger partial charge in [-0.3, -0.25) is 4.57 Å². The molecule has 17 heavy (non-hydrogen) atoms. The van der Waals surface area contributed by atoms with Gasteiger partial charge in [0.1, 0.15) is 0 Å². The number of nitrogens with two attached hydrogens (primary N) is 1. The summed E-state index contributed by atoms with van der Waals surface area (Å²) in [6.07, 6.45) is 0. The van der Waals surface area contributed by atoms with Crippen molar-refractivity contribution in [2.75, 3.05) is 12.4 Å². The summed E-state index contributed by atoms with van der Waals surface area (Å²) >= 11 is 0. The molecule has 0 aliphatic carbocycles. The number of nitrogens with one attached hydrogen (secondary N) is 1. The molecule has 1 heterocycles. The minimum atomic E-state index is -0.655. The number of rotatable bonds is 3. The van der Waals surface area contributed by atoms with Crippen molar-refractivity contribution in [2.24, 2.45) is 12.8 Å². The SMILES string of the molecule is CNc1nnc(C(C)(N)c2ccccc2)n1C. The van der Waals surface area contributed by atoms with Crippen LogP contribution in [-0.4, -0.2) is 21.8 Å². The van der Waals surface area contributed by atoms with Crippen LogP contribution in [0.4, 0.5) is 5.95 Å². The predicted octanol–water partition coefficient (Wildman–Crippen LogP) is 1.08. The van der Waals surface area contributed by atoms with Crippen molar-refractivity contribution >= 4 is 5.95 Å². The highest BCUT2D eigenvalue weighted by atomic mass is 15.3. The highest BCUT2D eigenvalue weighted by Crippen LogP contribution is 2.25. The van der Waals surface area contributed by atoms with Crippen LogP contribution < -0.4 is 11.1 Å². The Morgan fingerprint density at radius 1 is 1.24 bits per heavy atom. The van der Waals surface area contributed by atoms with Gasteiger partial charge in [0, 0.05) is 14.1 Å². The van der Waals surface area contributed by atoms with E-state index >= 15 is 0 Å². The normalized spacial score (nSPS) is 14.4. The van der Waals surface area contributed by atoms with Crippen LogP contribution in [0.2, 0.25) is 0 Å². The van der Waals surface area contributed by atoms with E-state index in [9.17, 15) is 0 Å². The van der Waals surface area contributed by atoms with Gasteiger partial charge in [0.2, 0.25) is 5.95 Å². The van der Waals surface area contributed by atoms with Crippen molar-refractivity contribution in [1.29, 1.82) is 0 Å². The summed E-state index contributed by atoms with van der Waals surface area (Å²) in [5.41, 5.74) is 6.73. The van der Waals surface area contributed by atoms with Gasteiger partial charge < -0.3 is 11.1 Å². The van der Waals surface area contributed by atoms with E-state index < -0.39 is 5.54 Å². The smallest absolute Gasteiger partial charge is 0.224 e. The number of hydrogen-bond acceptors (Lipinski definition) is 4. The molecule has 90 valence electrons. The maximum atomic E-state index is 6.38. The van der Waals surface area contributed by atoms with Crippen LogP contribution in [0, 0.1) is 0 Å². The molecule has 0 aliphatic heterocycles. The molecule has 2 rings (SSSR count). The molecule has 5 nitrogen and oxygen atoms in total. The lowest BCUT2D eigenvalue weighted by Gasteiger charge is -2.24. The molecule has 0 bridgehead atoms. The Balaban J connectivity index is 2.48. The fourth-order valence-electron chi connectivity index (χ4n) is 1.91. The monoisotopic (exact) mass is 231 g/mol. The van der Waals surface area contributed by atoms with Gasteiger partial charge in [-0.2, -0.15) is 0 Å². The Hall–Kier alpha value is -1.88. The highest BCUT2D eigenvalue weighted by molar-refractivity contribution is 5.34. The zero-order valence-corrected chi connectivity index (χ0v) is 10.3. The minimum absolute atomic E-state index is 0.655.